The maximum atomic E-state index is 2.37. The van der Waals surface area contributed by atoms with Crippen LogP contribution in [0, 0.1) is 5.92 Å². The number of benzene rings is 2. The van der Waals surface area contributed by atoms with Gasteiger partial charge in [0.1, 0.15) is 0 Å². The van der Waals surface area contributed by atoms with E-state index in [0.717, 1.165) is 0 Å². The third-order valence-electron chi connectivity index (χ3n) is 4.34. The minimum atomic E-state index is 0.0945. The van der Waals surface area contributed by atoms with Gasteiger partial charge in [0.25, 0.3) is 0 Å². The average Bonchev–Trinajstić information content (AvgIpc) is 2.47. The summed E-state index contributed by atoms with van der Waals surface area (Å²) in [7, 11) is 0. The summed E-state index contributed by atoms with van der Waals surface area (Å²) < 4.78 is 0. The second-order valence-corrected chi connectivity index (χ2v) is 5.24. The molecular weight excluding hydrogens is 216 g/mol. The van der Waals surface area contributed by atoms with Gasteiger partial charge in [-0.2, -0.15) is 0 Å². The molecule has 0 bridgehead atoms. The normalized spacial score (nSPS) is 13.3. The first-order chi connectivity index (χ1) is 8.69. The largest absolute Gasteiger partial charge is 0.0651 e. The molecule has 0 aliphatic heterocycles. The van der Waals surface area contributed by atoms with Gasteiger partial charge in [-0.1, -0.05) is 87.9 Å². The van der Waals surface area contributed by atoms with Crippen molar-refractivity contribution in [3.63, 3.8) is 0 Å². The van der Waals surface area contributed by atoms with Gasteiger partial charge in [-0.3, -0.25) is 0 Å². The van der Waals surface area contributed by atoms with E-state index in [1.54, 1.807) is 0 Å². The van der Waals surface area contributed by atoms with E-state index >= 15 is 0 Å². The lowest BCUT2D eigenvalue weighted by molar-refractivity contribution is 0.364. The summed E-state index contributed by atoms with van der Waals surface area (Å²) in [5.74, 6) is 0.613. The first-order valence-electron chi connectivity index (χ1n) is 6.80. The van der Waals surface area contributed by atoms with E-state index in [4.69, 9.17) is 0 Å². The monoisotopic (exact) mass is 238 g/mol. The molecule has 1 atom stereocenters. The Bertz CT molecular complexity index is 430. The van der Waals surface area contributed by atoms with Crippen LogP contribution in [0.3, 0.4) is 0 Å². The first kappa shape index (κ1) is 12.9. The van der Waals surface area contributed by atoms with Crippen molar-refractivity contribution in [3.8, 4) is 0 Å². The van der Waals surface area contributed by atoms with Gasteiger partial charge in [-0.25, -0.2) is 0 Å². The fourth-order valence-electron chi connectivity index (χ4n) is 2.71. The van der Waals surface area contributed by atoms with Gasteiger partial charge in [0.15, 0.2) is 0 Å². The molecule has 1 unspecified atom stereocenters. The molecule has 2 aromatic rings. The SMILES string of the molecule is CCC(C)C(C)(c1ccccc1)c1ccccc1. The summed E-state index contributed by atoms with van der Waals surface area (Å²) in [6, 6.07) is 21.7. The van der Waals surface area contributed by atoms with Gasteiger partial charge in [-0.15, -0.1) is 0 Å². The average molecular weight is 238 g/mol. The maximum Gasteiger partial charge on any atom is 0.0200 e. The molecule has 0 N–H and O–H groups in total. The third kappa shape index (κ3) is 2.20. The molecule has 0 heteroatoms. The highest BCUT2D eigenvalue weighted by Gasteiger charge is 2.33. The third-order valence-corrected chi connectivity index (χ3v) is 4.34. The summed E-state index contributed by atoms with van der Waals surface area (Å²) >= 11 is 0. The highest BCUT2D eigenvalue weighted by atomic mass is 14.4. The minimum absolute atomic E-state index is 0.0945. The van der Waals surface area contributed by atoms with Gasteiger partial charge in [0.2, 0.25) is 0 Å². The van der Waals surface area contributed by atoms with Crippen molar-refractivity contribution in [2.75, 3.05) is 0 Å². The van der Waals surface area contributed by atoms with Gasteiger partial charge < -0.3 is 0 Å². The molecule has 0 heterocycles. The number of hydrogen-bond donors (Lipinski definition) is 0. The van der Waals surface area contributed by atoms with Gasteiger partial charge >= 0.3 is 0 Å². The molecule has 0 saturated carbocycles. The molecule has 0 nitrogen and oxygen atoms in total. The standard InChI is InChI=1S/C18H22/c1-4-15(2)18(3,16-11-7-5-8-12-16)17-13-9-6-10-14-17/h5-15H,4H2,1-3H3. The smallest absolute Gasteiger partial charge is 0.0200 e. The lowest BCUT2D eigenvalue weighted by Crippen LogP contribution is -2.31. The Morgan fingerprint density at radius 2 is 1.22 bits per heavy atom. The Balaban J connectivity index is 2.55. The van der Waals surface area contributed by atoms with Crippen molar-refractivity contribution in [2.24, 2.45) is 5.92 Å². The zero-order chi connectivity index (χ0) is 13.0. The van der Waals surface area contributed by atoms with Crippen LogP contribution in [0.15, 0.2) is 60.7 Å². The van der Waals surface area contributed by atoms with E-state index in [-0.39, 0.29) is 5.41 Å². The highest BCUT2D eigenvalue weighted by Crippen LogP contribution is 2.40. The van der Waals surface area contributed by atoms with Gasteiger partial charge in [0.05, 0.1) is 0 Å². The second kappa shape index (κ2) is 5.39. The lowest BCUT2D eigenvalue weighted by atomic mass is 9.67. The van der Waals surface area contributed by atoms with Crippen LogP contribution in [0.1, 0.15) is 38.3 Å². The molecule has 0 aliphatic rings. The van der Waals surface area contributed by atoms with Crippen molar-refractivity contribution in [3.05, 3.63) is 71.8 Å². The Labute approximate surface area is 111 Å². The molecule has 2 rings (SSSR count). The van der Waals surface area contributed by atoms with Crippen LogP contribution in [0.25, 0.3) is 0 Å². The molecule has 2 aromatic carbocycles. The Hall–Kier alpha value is -1.56. The van der Waals surface area contributed by atoms with Crippen LogP contribution in [0.4, 0.5) is 0 Å². The Morgan fingerprint density at radius 1 is 0.833 bits per heavy atom. The van der Waals surface area contributed by atoms with E-state index < -0.39 is 0 Å². The van der Waals surface area contributed by atoms with Crippen LogP contribution in [0.5, 0.6) is 0 Å². The van der Waals surface area contributed by atoms with Crippen LogP contribution in [0.2, 0.25) is 0 Å². The van der Waals surface area contributed by atoms with Gasteiger partial charge in [-0.05, 0) is 17.0 Å². The van der Waals surface area contributed by atoms with Crippen LogP contribution < -0.4 is 0 Å². The second-order valence-electron chi connectivity index (χ2n) is 5.24. The van der Waals surface area contributed by atoms with Crippen LogP contribution >= 0.6 is 0 Å². The van der Waals surface area contributed by atoms with Crippen molar-refractivity contribution in [1.29, 1.82) is 0 Å². The van der Waals surface area contributed by atoms with E-state index in [0.29, 0.717) is 5.92 Å². The highest BCUT2D eigenvalue weighted by molar-refractivity contribution is 5.39. The van der Waals surface area contributed by atoms with Crippen LogP contribution in [-0.4, -0.2) is 0 Å². The summed E-state index contributed by atoms with van der Waals surface area (Å²) in [6.45, 7) is 6.99. The van der Waals surface area contributed by atoms with Crippen molar-refractivity contribution >= 4 is 0 Å². The molecule has 0 saturated heterocycles. The fourth-order valence-corrected chi connectivity index (χ4v) is 2.71. The Morgan fingerprint density at radius 3 is 1.56 bits per heavy atom. The van der Waals surface area contributed by atoms with E-state index in [2.05, 4.69) is 81.4 Å². The molecule has 0 spiro atoms. The summed E-state index contributed by atoms with van der Waals surface area (Å²) in [5, 5.41) is 0. The zero-order valence-electron chi connectivity index (χ0n) is 11.6. The Kier molecular flexibility index (Phi) is 3.86. The molecule has 0 fully saturated rings. The van der Waals surface area contributed by atoms with E-state index in [9.17, 15) is 0 Å². The summed E-state index contributed by atoms with van der Waals surface area (Å²) in [4.78, 5) is 0. The molecular formula is C18H22. The van der Waals surface area contributed by atoms with Crippen molar-refractivity contribution in [2.45, 2.75) is 32.6 Å². The molecule has 0 radical (unpaired) electrons. The first-order valence-corrected chi connectivity index (χ1v) is 6.80. The maximum absolute atomic E-state index is 2.37. The molecule has 18 heavy (non-hydrogen) atoms. The van der Waals surface area contributed by atoms with Crippen LogP contribution in [-0.2, 0) is 5.41 Å². The predicted octanol–water partition coefficient (Wildman–Crippen LogP) is 5.04. The van der Waals surface area contributed by atoms with Crippen molar-refractivity contribution in [1.82, 2.24) is 0 Å². The summed E-state index contributed by atoms with van der Waals surface area (Å²) in [5.41, 5.74) is 2.91. The molecule has 0 amide bonds. The summed E-state index contributed by atoms with van der Waals surface area (Å²) in [6.07, 6.45) is 1.18. The predicted molar refractivity (Wildman–Crippen MR) is 78.8 cm³/mol. The minimum Gasteiger partial charge on any atom is -0.0651 e. The van der Waals surface area contributed by atoms with E-state index in [1.165, 1.54) is 17.5 Å². The molecule has 0 aromatic heterocycles. The quantitative estimate of drug-likeness (QED) is 0.700. The zero-order valence-corrected chi connectivity index (χ0v) is 11.6. The molecule has 0 aliphatic carbocycles. The lowest BCUT2D eigenvalue weighted by Gasteiger charge is -2.36. The number of rotatable bonds is 4. The van der Waals surface area contributed by atoms with Gasteiger partial charge in [0, 0.05) is 5.41 Å². The van der Waals surface area contributed by atoms with E-state index in [1.807, 2.05) is 0 Å². The van der Waals surface area contributed by atoms with Crippen molar-refractivity contribution < 1.29 is 0 Å². The topological polar surface area (TPSA) is 0 Å². The number of hydrogen-bond acceptors (Lipinski definition) is 0. The fraction of sp³-hybridized carbons (Fsp3) is 0.333. The molecule has 94 valence electrons.